The predicted molar refractivity (Wildman–Crippen MR) is 132 cm³/mol. The largest absolute Gasteiger partial charge is 0.371 e. The zero-order valence-corrected chi connectivity index (χ0v) is 19.7. The molecule has 172 valence electrons. The van der Waals surface area contributed by atoms with E-state index < -0.39 is 0 Å². The summed E-state index contributed by atoms with van der Waals surface area (Å²) in [5.41, 5.74) is 3.66. The van der Waals surface area contributed by atoms with Gasteiger partial charge in [0.1, 0.15) is 0 Å². The number of benzene rings is 2. The van der Waals surface area contributed by atoms with E-state index in [9.17, 15) is 9.59 Å². The lowest BCUT2D eigenvalue weighted by molar-refractivity contribution is -0.116. The summed E-state index contributed by atoms with van der Waals surface area (Å²) in [6.07, 6.45) is 5.67. The summed E-state index contributed by atoms with van der Waals surface area (Å²) in [6.45, 7) is 7.86. The monoisotopic (exact) mass is 435 g/mol. The molecule has 0 unspecified atom stereocenters. The number of unbranched alkanes of at least 4 members (excludes halogenated alkanes) is 1. The highest BCUT2D eigenvalue weighted by Gasteiger charge is 2.24. The Labute approximate surface area is 192 Å². The molecule has 1 saturated heterocycles. The summed E-state index contributed by atoms with van der Waals surface area (Å²) in [4.78, 5) is 27.5. The molecule has 2 aromatic carbocycles. The Kier molecular flexibility index (Phi) is 8.72. The van der Waals surface area contributed by atoms with Crippen LogP contribution in [0.15, 0.2) is 48.5 Å². The summed E-state index contributed by atoms with van der Waals surface area (Å²) >= 11 is 0. The van der Waals surface area contributed by atoms with E-state index in [0.29, 0.717) is 23.6 Å². The normalized spacial score (nSPS) is 14.4. The second-order valence-electron chi connectivity index (χ2n) is 9.13. The van der Waals surface area contributed by atoms with E-state index in [1.807, 2.05) is 32.0 Å². The third kappa shape index (κ3) is 6.84. The van der Waals surface area contributed by atoms with Gasteiger partial charge in [-0.3, -0.25) is 9.59 Å². The van der Waals surface area contributed by atoms with Crippen LogP contribution in [0.25, 0.3) is 0 Å². The molecule has 0 saturated carbocycles. The summed E-state index contributed by atoms with van der Waals surface area (Å²) in [6, 6.07) is 16.5. The van der Waals surface area contributed by atoms with E-state index in [1.165, 1.54) is 5.56 Å². The smallest absolute Gasteiger partial charge is 0.253 e. The van der Waals surface area contributed by atoms with Gasteiger partial charge in [-0.05, 0) is 69.2 Å². The Balaban J connectivity index is 1.71. The van der Waals surface area contributed by atoms with Crippen molar-refractivity contribution in [2.24, 2.45) is 5.92 Å². The minimum absolute atomic E-state index is 0.00320. The molecule has 0 atom stereocenters. The van der Waals surface area contributed by atoms with Gasteiger partial charge < -0.3 is 15.5 Å². The van der Waals surface area contributed by atoms with Gasteiger partial charge in [-0.25, -0.2) is 0 Å². The van der Waals surface area contributed by atoms with Gasteiger partial charge in [-0.1, -0.05) is 43.7 Å². The van der Waals surface area contributed by atoms with Crippen molar-refractivity contribution >= 4 is 23.2 Å². The quantitative estimate of drug-likeness (QED) is 0.553. The molecule has 0 spiro atoms. The fourth-order valence-electron chi connectivity index (χ4n) is 4.30. The van der Waals surface area contributed by atoms with Crippen LogP contribution in [0.2, 0.25) is 0 Å². The summed E-state index contributed by atoms with van der Waals surface area (Å²) < 4.78 is 0. The van der Waals surface area contributed by atoms with E-state index in [4.69, 9.17) is 0 Å². The summed E-state index contributed by atoms with van der Waals surface area (Å²) in [7, 11) is 0. The molecule has 0 bridgehead atoms. The number of amides is 2. The number of rotatable bonds is 9. The van der Waals surface area contributed by atoms with Crippen LogP contribution in [0.3, 0.4) is 0 Å². The lowest BCUT2D eigenvalue weighted by atomic mass is 9.89. The van der Waals surface area contributed by atoms with E-state index in [-0.39, 0.29) is 17.9 Å². The van der Waals surface area contributed by atoms with Crippen molar-refractivity contribution in [2.75, 3.05) is 23.3 Å². The number of carbonyl (C=O) groups is 2. The van der Waals surface area contributed by atoms with Gasteiger partial charge in [0.2, 0.25) is 5.91 Å². The van der Waals surface area contributed by atoms with Crippen LogP contribution in [0, 0.1) is 5.92 Å². The average molecular weight is 436 g/mol. The molecule has 1 aliphatic rings. The van der Waals surface area contributed by atoms with Crippen LogP contribution >= 0.6 is 0 Å². The topological polar surface area (TPSA) is 61.4 Å². The molecule has 1 fully saturated rings. The molecule has 0 aliphatic carbocycles. The van der Waals surface area contributed by atoms with Crippen LogP contribution in [-0.4, -0.2) is 30.9 Å². The Morgan fingerprint density at radius 2 is 1.78 bits per heavy atom. The van der Waals surface area contributed by atoms with Crippen LogP contribution in [-0.2, 0) is 11.2 Å². The van der Waals surface area contributed by atoms with Crippen LogP contribution in [0.5, 0.6) is 0 Å². The van der Waals surface area contributed by atoms with Crippen molar-refractivity contribution in [2.45, 2.75) is 65.3 Å². The maximum absolute atomic E-state index is 13.0. The van der Waals surface area contributed by atoms with Gasteiger partial charge >= 0.3 is 0 Å². The van der Waals surface area contributed by atoms with E-state index in [0.717, 1.165) is 50.9 Å². The van der Waals surface area contributed by atoms with E-state index in [2.05, 4.69) is 52.8 Å². The van der Waals surface area contributed by atoms with Crippen molar-refractivity contribution in [1.82, 2.24) is 5.32 Å². The first-order valence-electron chi connectivity index (χ1n) is 12.0. The minimum Gasteiger partial charge on any atom is -0.371 e. The Morgan fingerprint density at radius 1 is 1.06 bits per heavy atom. The second-order valence-corrected chi connectivity index (χ2v) is 9.13. The molecule has 3 rings (SSSR count). The number of hydrogen-bond donors (Lipinski definition) is 2. The van der Waals surface area contributed by atoms with E-state index in [1.54, 1.807) is 0 Å². The van der Waals surface area contributed by atoms with Crippen LogP contribution in [0.4, 0.5) is 11.4 Å². The standard InChI is InChI=1S/C27H37N3O2/c1-4-5-11-26(31)29-23-12-13-25(24(19-23)27(32)28-20(2)3)30-16-14-22(15-17-30)18-21-9-7-6-8-10-21/h6-10,12-13,19-20,22H,4-5,11,14-18H2,1-3H3,(H,28,32)(H,29,31). The predicted octanol–water partition coefficient (Wildman–Crippen LogP) is 5.41. The van der Waals surface area contributed by atoms with Crippen molar-refractivity contribution < 1.29 is 9.59 Å². The molecule has 5 heteroatoms. The highest BCUT2D eigenvalue weighted by atomic mass is 16.2. The van der Waals surface area contributed by atoms with Crippen LogP contribution in [0.1, 0.15) is 68.8 Å². The number of carbonyl (C=O) groups excluding carboxylic acids is 2. The zero-order valence-electron chi connectivity index (χ0n) is 19.7. The number of hydrogen-bond acceptors (Lipinski definition) is 3. The lowest BCUT2D eigenvalue weighted by Crippen LogP contribution is -2.37. The summed E-state index contributed by atoms with van der Waals surface area (Å²) in [5.74, 6) is 0.571. The summed E-state index contributed by atoms with van der Waals surface area (Å²) in [5, 5.41) is 5.97. The Morgan fingerprint density at radius 3 is 2.44 bits per heavy atom. The minimum atomic E-state index is -0.0916. The maximum Gasteiger partial charge on any atom is 0.253 e. The van der Waals surface area contributed by atoms with Gasteiger partial charge in [0.25, 0.3) is 5.91 Å². The molecule has 0 radical (unpaired) electrons. The highest BCUT2D eigenvalue weighted by molar-refractivity contribution is 6.02. The first kappa shape index (κ1) is 23.8. The number of nitrogens with one attached hydrogen (secondary N) is 2. The van der Waals surface area contributed by atoms with Crippen molar-refractivity contribution in [3.05, 3.63) is 59.7 Å². The first-order chi connectivity index (χ1) is 15.5. The Hall–Kier alpha value is -2.82. The second kappa shape index (κ2) is 11.7. The molecule has 2 amide bonds. The molecule has 1 aliphatic heterocycles. The molecular weight excluding hydrogens is 398 g/mol. The molecule has 2 N–H and O–H groups in total. The molecule has 5 nitrogen and oxygen atoms in total. The fraction of sp³-hybridized carbons (Fsp3) is 0.481. The maximum atomic E-state index is 13.0. The third-order valence-corrected chi connectivity index (χ3v) is 6.02. The zero-order chi connectivity index (χ0) is 22.9. The van der Waals surface area contributed by atoms with Crippen molar-refractivity contribution in [3.8, 4) is 0 Å². The number of piperidine rings is 1. The fourth-order valence-corrected chi connectivity index (χ4v) is 4.30. The first-order valence-corrected chi connectivity index (χ1v) is 12.0. The van der Waals surface area contributed by atoms with Gasteiger partial charge in [0.15, 0.2) is 0 Å². The molecule has 1 heterocycles. The number of anilines is 2. The lowest BCUT2D eigenvalue weighted by Gasteiger charge is -2.35. The van der Waals surface area contributed by atoms with Gasteiger partial charge in [0, 0.05) is 36.9 Å². The number of nitrogens with zero attached hydrogens (tertiary/aromatic N) is 1. The molecule has 0 aromatic heterocycles. The van der Waals surface area contributed by atoms with Crippen molar-refractivity contribution in [1.29, 1.82) is 0 Å². The van der Waals surface area contributed by atoms with Gasteiger partial charge in [-0.2, -0.15) is 0 Å². The van der Waals surface area contributed by atoms with E-state index >= 15 is 0 Å². The van der Waals surface area contributed by atoms with Crippen LogP contribution < -0.4 is 15.5 Å². The molecular formula is C27H37N3O2. The van der Waals surface area contributed by atoms with Crippen molar-refractivity contribution in [3.63, 3.8) is 0 Å². The molecule has 32 heavy (non-hydrogen) atoms. The van der Waals surface area contributed by atoms with Gasteiger partial charge in [0.05, 0.1) is 5.56 Å². The average Bonchev–Trinajstić information content (AvgIpc) is 2.78. The SMILES string of the molecule is CCCCC(=O)Nc1ccc(N2CCC(Cc3ccccc3)CC2)c(C(=O)NC(C)C)c1. The Bertz CT molecular complexity index is 887. The molecule has 2 aromatic rings. The highest BCUT2D eigenvalue weighted by Crippen LogP contribution is 2.30. The third-order valence-electron chi connectivity index (χ3n) is 6.02. The van der Waals surface area contributed by atoms with Gasteiger partial charge in [-0.15, -0.1) is 0 Å².